The average molecular weight is 299 g/mol. The van der Waals surface area contributed by atoms with Crippen molar-refractivity contribution in [2.75, 3.05) is 13.2 Å². The highest BCUT2D eigenvalue weighted by molar-refractivity contribution is 5.21. The molecule has 1 aliphatic heterocycles. The molecule has 1 aliphatic carbocycles. The van der Waals surface area contributed by atoms with E-state index in [0.717, 1.165) is 37.0 Å². The van der Waals surface area contributed by atoms with Crippen molar-refractivity contribution in [2.24, 2.45) is 0 Å². The first kappa shape index (κ1) is 13.8. The molecule has 1 atom stereocenters. The molecule has 0 radical (unpaired) electrons. The summed E-state index contributed by atoms with van der Waals surface area (Å²) in [7, 11) is 0. The zero-order valence-electron chi connectivity index (χ0n) is 12.6. The van der Waals surface area contributed by atoms with Crippen LogP contribution in [0.3, 0.4) is 0 Å². The normalized spacial score (nSPS) is 22.1. The zero-order valence-corrected chi connectivity index (χ0v) is 12.6. The van der Waals surface area contributed by atoms with Crippen molar-refractivity contribution in [3.8, 4) is 5.75 Å². The second-order valence-electron chi connectivity index (χ2n) is 6.20. The molecule has 5 heteroatoms. The van der Waals surface area contributed by atoms with Crippen molar-refractivity contribution >= 4 is 0 Å². The molecule has 1 saturated carbocycles. The lowest BCUT2D eigenvalue weighted by Crippen LogP contribution is -2.33. The number of likely N-dealkylation sites (tertiary alicyclic amines) is 1. The van der Waals surface area contributed by atoms with Gasteiger partial charge in [0.05, 0.1) is 6.54 Å². The molecule has 2 aromatic rings. The maximum atomic E-state index is 5.90. The molecule has 2 heterocycles. The molecule has 4 rings (SSSR count). The zero-order chi connectivity index (χ0) is 14.8. The molecule has 2 fully saturated rings. The van der Waals surface area contributed by atoms with Crippen LogP contribution in [0.1, 0.15) is 43.4 Å². The van der Waals surface area contributed by atoms with E-state index in [0.29, 0.717) is 18.6 Å². The van der Waals surface area contributed by atoms with Gasteiger partial charge in [0.15, 0.2) is 0 Å². The molecule has 2 aliphatic rings. The summed E-state index contributed by atoms with van der Waals surface area (Å²) >= 11 is 0. The van der Waals surface area contributed by atoms with Gasteiger partial charge in [-0.05, 0) is 44.4 Å². The summed E-state index contributed by atoms with van der Waals surface area (Å²) in [6.07, 6.45) is 4.75. The fraction of sp³-hybridized carbons (Fsp3) is 0.529. The number of ether oxygens (including phenoxy) is 1. The topological polar surface area (TPSA) is 51.4 Å². The summed E-state index contributed by atoms with van der Waals surface area (Å²) in [5.41, 5.74) is 0. The van der Waals surface area contributed by atoms with Crippen LogP contribution in [0.4, 0.5) is 0 Å². The summed E-state index contributed by atoms with van der Waals surface area (Å²) in [6.45, 7) is 2.53. The van der Waals surface area contributed by atoms with Crippen LogP contribution in [0.2, 0.25) is 0 Å². The first-order chi connectivity index (χ1) is 10.9. The monoisotopic (exact) mass is 299 g/mol. The van der Waals surface area contributed by atoms with Gasteiger partial charge in [0.25, 0.3) is 0 Å². The van der Waals surface area contributed by atoms with Crippen molar-refractivity contribution in [1.82, 2.24) is 15.1 Å². The van der Waals surface area contributed by atoms with Crippen LogP contribution < -0.4 is 4.74 Å². The van der Waals surface area contributed by atoms with Crippen LogP contribution in [-0.2, 0) is 6.54 Å². The maximum Gasteiger partial charge on any atom is 0.230 e. The summed E-state index contributed by atoms with van der Waals surface area (Å²) in [4.78, 5) is 2.40. The van der Waals surface area contributed by atoms with Crippen molar-refractivity contribution in [3.05, 3.63) is 42.1 Å². The third-order valence-corrected chi connectivity index (χ3v) is 4.43. The third kappa shape index (κ3) is 3.14. The van der Waals surface area contributed by atoms with Gasteiger partial charge in [-0.2, -0.15) is 0 Å². The number of aromatic nitrogens is 2. The number of hydrogen-bond donors (Lipinski definition) is 0. The molecule has 116 valence electrons. The van der Waals surface area contributed by atoms with E-state index >= 15 is 0 Å². The largest absolute Gasteiger partial charge is 0.492 e. The minimum Gasteiger partial charge on any atom is -0.492 e. The Bertz CT molecular complexity index is 609. The van der Waals surface area contributed by atoms with Gasteiger partial charge >= 0.3 is 0 Å². The summed E-state index contributed by atoms with van der Waals surface area (Å²) in [5, 5.41) is 8.36. The summed E-state index contributed by atoms with van der Waals surface area (Å²) in [6, 6.07) is 10.4. The van der Waals surface area contributed by atoms with E-state index in [1.807, 2.05) is 30.3 Å². The van der Waals surface area contributed by atoms with E-state index in [4.69, 9.17) is 9.15 Å². The Labute approximate surface area is 130 Å². The lowest BCUT2D eigenvalue weighted by molar-refractivity contribution is 0.156. The quantitative estimate of drug-likeness (QED) is 0.820. The molecular weight excluding hydrogens is 278 g/mol. The number of benzene rings is 1. The Morgan fingerprint density at radius 1 is 1.14 bits per heavy atom. The predicted molar refractivity (Wildman–Crippen MR) is 81.6 cm³/mol. The molecule has 0 amide bonds. The van der Waals surface area contributed by atoms with E-state index in [-0.39, 0.29) is 0 Å². The van der Waals surface area contributed by atoms with Crippen LogP contribution in [0.15, 0.2) is 34.7 Å². The third-order valence-electron chi connectivity index (χ3n) is 4.43. The number of rotatable bonds is 6. The summed E-state index contributed by atoms with van der Waals surface area (Å²) in [5.74, 6) is 3.03. The van der Waals surface area contributed by atoms with E-state index in [1.165, 1.54) is 19.3 Å². The minimum atomic E-state index is 0.427. The Kier molecular flexibility index (Phi) is 3.81. The summed E-state index contributed by atoms with van der Waals surface area (Å²) < 4.78 is 11.7. The molecule has 1 aromatic carbocycles. The van der Waals surface area contributed by atoms with Gasteiger partial charge in [0, 0.05) is 12.0 Å². The highest BCUT2D eigenvalue weighted by Crippen LogP contribution is 2.39. The lowest BCUT2D eigenvalue weighted by Gasteiger charge is -2.22. The molecule has 22 heavy (non-hydrogen) atoms. The molecular formula is C17H21N3O2. The van der Waals surface area contributed by atoms with E-state index in [1.54, 1.807) is 0 Å². The minimum absolute atomic E-state index is 0.427. The van der Waals surface area contributed by atoms with Gasteiger partial charge in [-0.1, -0.05) is 18.2 Å². The fourth-order valence-corrected chi connectivity index (χ4v) is 3.00. The Morgan fingerprint density at radius 3 is 2.82 bits per heavy atom. The molecule has 5 nitrogen and oxygen atoms in total. The smallest absolute Gasteiger partial charge is 0.230 e. The standard InChI is InChI=1S/C17H21N3O2/c1-2-6-15(7-3-1)21-12-14-5-4-10-20(14)11-16-18-19-17(22-16)13-8-9-13/h1-3,6-7,13-14H,4-5,8-12H2/t14-/m0/s1. The lowest BCUT2D eigenvalue weighted by atomic mass is 10.2. The van der Waals surface area contributed by atoms with Gasteiger partial charge in [-0.25, -0.2) is 0 Å². The number of para-hydroxylation sites is 1. The van der Waals surface area contributed by atoms with Crippen molar-refractivity contribution < 1.29 is 9.15 Å². The molecule has 0 N–H and O–H groups in total. The van der Waals surface area contributed by atoms with Gasteiger partial charge in [0.2, 0.25) is 11.8 Å². The molecule has 1 aromatic heterocycles. The molecule has 1 saturated heterocycles. The van der Waals surface area contributed by atoms with Crippen molar-refractivity contribution in [2.45, 2.75) is 44.2 Å². The Balaban J connectivity index is 1.34. The predicted octanol–water partition coefficient (Wildman–Crippen LogP) is 2.99. The van der Waals surface area contributed by atoms with Gasteiger partial charge in [-0.3, -0.25) is 4.90 Å². The van der Waals surface area contributed by atoms with Gasteiger partial charge < -0.3 is 9.15 Å². The van der Waals surface area contributed by atoms with Crippen LogP contribution in [0.25, 0.3) is 0 Å². The Morgan fingerprint density at radius 2 is 2.00 bits per heavy atom. The van der Waals surface area contributed by atoms with Crippen molar-refractivity contribution in [3.63, 3.8) is 0 Å². The van der Waals surface area contributed by atoms with Gasteiger partial charge in [-0.15, -0.1) is 10.2 Å². The highest BCUT2D eigenvalue weighted by Gasteiger charge is 2.31. The van der Waals surface area contributed by atoms with E-state index in [9.17, 15) is 0 Å². The second-order valence-corrected chi connectivity index (χ2v) is 6.20. The SMILES string of the molecule is c1ccc(OC[C@@H]2CCCN2Cc2nnc(C3CC3)o2)cc1. The second kappa shape index (κ2) is 6.08. The molecule has 0 unspecified atom stereocenters. The van der Waals surface area contributed by atoms with Crippen LogP contribution in [0, 0.1) is 0 Å². The maximum absolute atomic E-state index is 5.90. The fourth-order valence-electron chi connectivity index (χ4n) is 3.00. The van der Waals surface area contributed by atoms with Crippen LogP contribution >= 0.6 is 0 Å². The Hall–Kier alpha value is -1.88. The van der Waals surface area contributed by atoms with Crippen LogP contribution in [-0.4, -0.2) is 34.3 Å². The molecule has 0 spiro atoms. The highest BCUT2D eigenvalue weighted by atomic mass is 16.5. The van der Waals surface area contributed by atoms with Gasteiger partial charge in [0.1, 0.15) is 12.4 Å². The molecule has 0 bridgehead atoms. The van der Waals surface area contributed by atoms with Crippen LogP contribution in [0.5, 0.6) is 5.75 Å². The first-order valence-corrected chi connectivity index (χ1v) is 8.12. The van der Waals surface area contributed by atoms with E-state index < -0.39 is 0 Å². The van der Waals surface area contributed by atoms with E-state index in [2.05, 4.69) is 15.1 Å². The number of hydrogen-bond acceptors (Lipinski definition) is 5. The first-order valence-electron chi connectivity index (χ1n) is 8.12. The van der Waals surface area contributed by atoms with Crippen molar-refractivity contribution in [1.29, 1.82) is 0 Å². The average Bonchev–Trinajstić information content (AvgIpc) is 3.14. The number of nitrogens with zero attached hydrogens (tertiary/aromatic N) is 3.